The SMILES string of the molecule is CC(C)(O/N=C(\C(=O)NC1CN(C(=O)NS(=O)(=O)Nc2cccc(O)c2O)C1=O)c1csc(N)n1)C(=O)O. The van der Waals surface area contributed by atoms with Gasteiger partial charge in [-0.25, -0.2) is 19.3 Å². The van der Waals surface area contributed by atoms with Crippen LogP contribution in [-0.2, 0) is 29.4 Å². The number of carbonyl (C=O) groups excluding carboxylic acids is 3. The Morgan fingerprint density at radius 3 is 2.55 bits per heavy atom. The summed E-state index contributed by atoms with van der Waals surface area (Å²) in [6, 6.07) is 0.798. The van der Waals surface area contributed by atoms with E-state index in [1.54, 1.807) is 4.72 Å². The van der Waals surface area contributed by atoms with Gasteiger partial charge in [-0.05, 0) is 26.0 Å². The average molecular weight is 572 g/mol. The third-order valence-corrected chi connectivity index (χ3v) is 6.43. The van der Waals surface area contributed by atoms with Crippen molar-refractivity contribution in [1.29, 1.82) is 0 Å². The molecule has 17 nitrogen and oxygen atoms in total. The van der Waals surface area contributed by atoms with Crippen LogP contribution in [0, 0.1) is 0 Å². The number of nitrogens with one attached hydrogen (secondary N) is 3. The second-order valence-corrected chi connectivity index (χ2v) is 10.4. The smallest absolute Gasteiger partial charge is 0.350 e. The van der Waals surface area contributed by atoms with Crippen LogP contribution >= 0.6 is 11.3 Å². The lowest BCUT2D eigenvalue weighted by molar-refractivity contribution is -0.161. The summed E-state index contributed by atoms with van der Waals surface area (Å²) < 4.78 is 27.8. The van der Waals surface area contributed by atoms with Crippen LogP contribution in [-0.4, -0.2) is 81.3 Å². The zero-order chi connectivity index (χ0) is 28.4. The Morgan fingerprint density at radius 1 is 1.29 bits per heavy atom. The molecule has 1 aromatic heterocycles. The number of phenolic OH excluding ortho intramolecular Hbond substituents is 2. The van der Waals surface area contributed by atoms with E-state index in [0.717, 1.165) is 23.5 Å². The number of aromatic nitrogens is 1. The fraction of sp³-hybridized carbons (Fsp3) is 0.263. The molecule has 38 heavy (non-hydrogen) atoms. The van der Waals surface area contributed by atoms with E-state index in [1.807, 2.05) is 4.72 Å². The topological polar surface area (TPSA) is 263 Å². The number of nitrogens with two attached hydrogens (primary N) is 1. The fourth-order valence-electron chi connectivity index (χ4n) is 2.70. The number of likely N-dealkylation sites (tertiary alicyclic amines) is 1. The van der Waals surface area contributed by atoms with Gasteiger partial charge in [0.25, 0.3) is 11.8 Å². The number of aromatic hydroxyl groups is 2. The first-order valence-corrected chi connectivity index (χ1v) is 12.7. The minimum Gasteiger partial charge on any atom is -0.504 e. The van der Waals surface area contributed by atoms with Gasteiger partial charge in [0.1, 0.15) is 11.7 Å². The molecule has 1 saturated heterocycles. The van der Waals surface area contributed by atoms with Gasteiger partial charge in [-0.2, -0.15) is 8.42 Å². The molecule has 0 radical (unpaired) electrons. The first-order chi connectivity index (χ1) is 17.6. The van der Waals surface area contributed by atoms with Crippen LogP contribution in [0.3, 0.4) is 0 Å². The summed E-state index contributed by atoms with van der Waals surface area (Å²) in [6.45, 7) is 1.93. The molecule has 0 bridgehead atoms. The lowest BCUT2D eigenvalue weighted by atomic mass is 10.1. The average Bonchev–Trinajstić information content (AvgIpc) is 3.24. The molecule has 1 atom stereocenters. The Bertz CT molecular complexity index is 1440. The summed E-state index contributed by atoms with van der Waals surface area (Å²) in [7, 11) is -4.64. The minimum atomic E-state index is -4.64. The van der Waals surface area contributed by atoms with E-state index in [2.05, 4.69) is 15.5 Å². The molecule has 0 aliphatic carbocycles. The van der Waals surface area contributed by atoms with Gasteiger partial charge in [0.2, 0.25) is 5.60 Å². The van der Waals surface area contributed by atoms with Gasteiger partial charge in [-0.15, -0.1) is 11.3 Å². The Labute approximate surface area is 218 Å². The number of carboxylic acids is 1. The van der Waals surface area contributed by atoms with Crippen molar-refractivity contribution in [3.63, 3.8) is 0 Å². The normalized spacial score (nSPS) is 15.8. The highest BCUT2D eigenvalue weighted by atomic mass is 32.2. The van der Waals surface area contributed by atoms with Gasteiger partial charge < -0.3 is 31.2 Å². The van der Waals surface area contributed by atoms with Crippen molar-refractivity contribution in [2.45, 2.75) is 25.5 Å². The van der Waals surface area contributed by atoms with Crippen molar-refractivity contribution >= 4 is 61.9 Å². The number of carboxylic acid groups (broad SMARTS) is 1. The standard InChI is InChI=1S/C19H21N7O10S2/c1-19(2,16(31)32)36-23-12(10-7-37-17(20)22-10)14(29)21-9-6-26(15(9)30)18(33)25-38(34,35)24-8-4-3-5-11(27)13(8)28/h3-5,7,9,24,27-28H,6H2,1-2H3,(H2,20,22)(H,21,29)(H,25,33)(H,31,32)/b23-12-. The molecule has 0 spiro atoms. The van der Waals surface area contributed by atoms with Gasteiger partial charge >= 0.3 is 22.2 Å². The molecule has 0 saturated carbocycles. The van der Waals surface area contributed by atoms with Crippen molar-refractivity contribution < 1.29 is 47.8 Å². The van der Waals surface area contributed by atoms with E-state index in [1.165, 1.54) is 25.3 Å². The number of aliphatic carboxylic acids is 1. The second-order valence-electron chi connectivity index (χ2n) is 8.08. The Balaban J connectivity index is 1.65. The largest absolute Gasteiger partial charge is 0.504 e. The van der Waals surface area contributed by atoms with E-state index in [4.69, 9.17) is 10.6 Å². The van der Waals surface area contributed by atoms with Crippen molar-refractivity contribution in [3.8, 4) is 11.5 Å². The quantitative estimate of drug-likeness (QED) is 0.0837. The van der Waals surface area contributed by atoms with Crippen LogP contribution < -0.4 is 20.5 Å². The summed E-state index contributed by atoms with van der Waals surface area (Å²) in [4.78, 5) is 58.1. The van der Waals surface area contributed by atoms with Gasteiger partial charge in [-0.3, -0.25) is 19.2 Å². The maximum atomic E-state index is 12.8. The number of urea groups is 1. The van der Waals surface area contributed by atoms with Crippen LogP contribution in [0.2, 0.25) is 0 Å². The number of hydrogen-bond acceptors (Lipinski definition) is 13. The Hall–Kier alpha value is -4.65. The van der Waals surface area contributed by atoms with Crippen LogP contribution in [0.5, 0.6) is 11.5 Å². The minimum absolute atomic E-state index is 0.0643. The first kappa shape index (κ1) is 27.9. The summed E-state index contributed by atoms with van der Waals surface area (Å²) in [5.41, 5.74) is 2.75. The molecule has 1 aliphatic rings. The van der Waals surface area contributed by atoms with Crippen molar-refractivity contribution in [3.05, 3.63) is 29.3 Å². The number of β-lactam (4-membered cyclic amide) rings is 1. The lowest BCUT2D eigenvalue weighted by Gasteiger charge is -2.36. The van der Waals surface area contributed by atoms with Gasteiger partial charge in [-0.1, -0.05) is 11.2 Å². The number of imide groups is 1. The highest BCUT2D eigenvalue weighted by molar-refractivity contribution is 7.91. The number of nitrogen functional groups attached to an aromatic ring is 1. The number of anilines is 2. The van der Waals surface area contributed by atoms with E-state index in [9.17, 15) is 42.9 Å². The molecular weight excluding hydrogens is 550 g/mol. The maximum Gasteiger partial charge on any atom is 0.350 e. The predicted molar refractivity (Wildman–Crippen MR) is 130 cm³/mol. The summed E-state index contributed by atoms with van der Waals surface area (Å²) >= 11 is 0.954. The highest BCUT2D eigenvalue weighted by Gasteiger charge is 2.43. The predicted octanol–water partition coefficient (Wildman–Crippen LogP) is -0.886. The first-order valence-electron chi connectivity index (χ1n) is 10.3. The molecule has 4 amide bonds. The zero-order valence-corrected chi connectivity index (χ0v) is 21.2. The van der Waals surface area contributed by atoms with E-state index in [0.29, 0.717) is 4.90 Å². The molecule has 8 N–H and O–H groups in total. The second kappa shape index (κ2) is 10.4. The number of benzene rings is 1. The molecule has 1 unspecified atom stereocenters. The summed E-state index contributed by atoms with van der Waals surface area (Å²) in [6.07, 6.45) is 0. The number of hydrogen-bond donors (Lipinski definition) is 7. The summed E-state index contributed by atoms with van der Waals surface area (Å²) in [5, 5.41) is 35.6. The number of amides is 4. The molecule has 1 aromatic carbocycles. The third kappa shape index (κ3) is 6.18. The van der Waals surface area contributed by atoms with Crippen molar-refractivity contribution in [1.82, 2.24) is 19.9 Å². The maximum absolute atomic E-state index is 12.8. The van der Waals surface area contributed by atoms with Crippen molar-refractivity contribution in [2.75, 3.05) is 17.0 Å². The number of rotatable bonds is 9. The van der Waals surface area contributed by atoms with Crippen LogP contribution in [0.15, 0.2) is 28.7 Å². The van der Waals surface area contributed by atoms with Gasteiger partial charge in [0.15, 0.2) is 22.3 Å². The van der Waals surface area contributed by atoms with E-state index < -0.39 is 75.1 Å². The lowest BCUT2D eigenvalue weighted by Crippen LogP contribution is -2.68. The number of thiazole rings is 1. The van der Waals surface area contributed by atoms with Crippen LogP contribution in [0.1, 0.15) is 19.5 Å². The monoisotopic (exact) mass is 571 g/mol. The van der Waals surface area contributed by atoms with E-state index >= 15 is 0 Å². The van der Waals surface area contributed by atoms with Crippen LogP contribution in [0.4, 0.5) is 15.6 Å². The van der Waals surface area contributed by atoms with E-state index in [-0.39, 0.29) is 10.8 Å². The molecule has 2 heterocycles. The molecule has 3 rings (SSSR count). The fourth-order valence-corrected chi connectivity index (χ4v) is 4.09. The molecule has 1 fully saturated rings. The number of para-hydroxylation sites is 1. The highest BCUT2D eigenvalue weighted by Crippen LogP contribution is 2.32. The van der Waals surface area contributed by atoms with Crippen molar-refractivity contribution in [2.24, 2.45) is 5.16 Å². The number of nitrogens with zero attached hydrogens (tertiary/aromatic N) is 3. The number of phenols is 2. The molecule has 2 aromatic rings. The zero-order valence-electron chi connectivity index (χ0n) is 19.5. The molecule has 204 valence electrons. The van der Waals surface area contributed by atoms with Crippen LogP contribution in [0.25, 0.3) is 0 Å². The molecule has 19 heteroatoms. The van der Waals surface area contributed by atoms with Gasteiger partial charge in [0.05, 0.1) is 12.2 Å². The summed E-state index contributed by atoms with van der Waals surface area (Å²) in [5.74, 6) is -4.77. The number of carbonyl (C=O) groups is 4. The van der Waals surface area contributed by atoms with Gasteiger partial charge in [0, 0.05) is 5.38 Å². The number of oxime groups is 1. The Kier molecular flexibility index (Phi) is 7.63. The third-order valence-electron chi connectivity index (χ3n) is 4.82. The molecular formula is C19H21N7O10S2. The molecule has 1 aliphatic heterocycles. The Morgan fingerprint density at radius 2 is 1.97 bits per heavy atom.